The summed E-state index contributed by atoms with van der Waals surface area (Å²) in [5.41, 5.74) is 0. The van der Waals surface area contributed by atoms with E-state index in [4.69, 9.17) is 0 Å². The van der Waals surface area contributed by atoms with Crippen LogP contribution in [0.5, 0.6) is 0 Å². The van der Waals surface area contributed by atoms with Crippen molar-refractivity contribution in [2.45, 2.75) is 49.2 Å². The van der Waals surface area contributed by atoms with Crippen LogP contribution in [0, 0.1) is 0 Å². The molecule has 3 rings (SSSR count). The van der Waals surface area contributed by atoms with Crippen LogP contribution < -0.4 is 5.32 Å². The largest absolute Gasteiger partial charge is 0.309 e. The van der Waals surface area contributed by atoms with Crippen molar-refractivity contribution in [3.63, 3.8) is 0 Å². The van der Waals surface area contributed by atoms with Crippen molar-refractivity contribution in [1.29, 1.82) is 0 Å². The Morgan fingerprint density at radius 3 is 2.71 bits per heavy atom. The number of hydrogen-bond donors (Lipinski definition) is 1. The molecule has 0 amide bonds. The van der Waals surface area contributed by atoms with E-state index in [0.29, 0.717) is 21.3 Å². The van der Waals surface area contributed by atoms with E-state index in [1.807, 2.05) is 0 Å². The SMILES string of the molecule is C=CCN(C1CC1)S(=O)(=O)c1cc(CNC2CC2)sc1Br. The second-order valence-electron chi connectivity index (χ2n) is 5.60. The highest BCUT2D eigenvalue weighted by molar-refractivity contribution is 9.11. The van der Waals surface area contributed by atoms with Gasteiger partial charge in [-0.3, -0.25) is 0 Å². The van der Waals surface area contributed by atoms with Gasteiger partial charge in [0.05, 0.1) is 3.79 Å². The van der Waals surface area contributed by atoms with Gasteiger partial charge in [0.15, 0.2) is 0 Å². The molecule has 21 heavy (non-hydrogen) atoms. The van der Waals surface area contributed by atoms with Crippen LogP contribution in [0.15, 0.2) is 27.4 Å². The van der Waals surface area contributed by atoms with Crippen LogP contribution in [0.2, 0.25) is 0 Å². The van der Waals surface area contributed by atoms with E-state index >= 15 is 0 Å². The molecule has 7 heteroatoms. The number of halogens is 1. The Hall–Kier alpha value is -0.210. The van der Waals surface area contributed by atoms with Gasteiger partial charge < -0.3 is 5.32 Å². The Balaban J connectivity index is 1.81. The Labute approximate surface area is 138 Å². The molecule has 1 aromatic rings. The highest BCUT2D eigenvalue weighted by Crippen LogP contribution is 2.38. The second-order valence-corrected chi connectivity index (χ2v) is 9.91. The van der Waals surface area contributed by atoms with Crippen molar-refractivity contribution in [2.24, 2.45) is 0 Å². The number of hydrogen-bond acceptors (Lipinski definition) is 4. The van der Waals surface area contributed by atoms with Crippen LogP contribution in [0.1, 0.15) is 30.6 Å². The van der Waals surface area contributed by atoms with Gasteiger partial charge in [-0.05, 0) is 47.7 Å². The predicted molar refractivity (Wildman–Crippen MR) is 89.0 cm³/mol. The number of sulfonamides is 1. The maximum Gasteiger partial charge on any atom is 0.245 e. The van der Waals surface area contributed by atoms with E-state index in [-0.39, 0.29) is 6.04 Å². The number of rotatable bonds is 8. The van der Waals surface area contributed by atoms with Crippen LogP contribution in [0.4, 0.5) is 0 Å². The molecule has 0 unspecified atom stereocenters. The molecule has 0 bridgehead atoms. The molecule has 0 spiro atoms. The Bertz CT molecular complexity index is 633. The Morgan fingerprint density at radius 2 is 2.14 bits per heavy atom. The molecule has 0 radical (unpaired) electrons. The minimum absolute atomic E-state index is 0.146. The van der Waals surface area contributed by atoms with Gasteiger partial charge in [-0.1, -0.05) is 6.08 Å². The fraction of sp³-hybridized carbons (Fsp3) is 0.571. The summed E-state index contributed by atoms with van der Waals surface area (Å²) in [5, 5.41) is 3.42. The Kier molecular flexibility index (Phi) is 4.57. The molecule has 0 atom stereocenters. The van der Waals surface area contributed by atoms with Crippen molar-refractivity contribution in [3.05, 3.63) is 27.4 Å². The van der Waals surface area contributed by atoms with E-state index < -0.39 is 10.0 Å². The van der Waals surface area contributed by atoms with Crippen LogP contribution in [0.25, 0.3) is 0 Å². The average molecular weight is 391 g/mol. The summed E-state index contributed by atoms with van der Waals surface area (Å²) in [4.78, 5) is 1.45. The van der Waals surface area contributed by atoms with Gasteiger partial charge >= 0.3 is 0 Å². The average Bonchev–Trinajstić information content (AvgIpc) is 3.33. The lowest BCUT2D eigenvalue weighted by Gasteiger charge is -2.19. The summed E-state index contributed by atoms with van der Waals surface area (Å²) >= 11 is 4.92. The molecular formula is C14H19BrN2O2S2. The lowest BCUT2D eigenvalue weighted by molar-refractivity contribution is 0.436. The van der Waals surface area contributed by atoms with Crippen LogP contribution in [0.3, 0.4) is 0 Å². The minimum atomic E-state index is -3.43. The van der Waals surface area contributed by atoms with Crippen LogP contribution in [-0.4, -0.2) is 31.4 Å². The van der Waals surface area contributed by atoms with Crippen molar-refractivity contribution in [2.75, 3.05) is 6.54 Å². The molecule has 2 aliphatic rings. The first-order valence-electron chi connectivity index (χ1n) is 7.16. The zero-order valence-electron chi connectivity index (χ0n) is 11.7. The van der Waals surface area contributed by atoms with Gasteiger partial charge in [0.25, 0.3) is 0 Å². The molecule has 2 saturated carbocycles. The summed E-state index contributed by atoms with van der Waals surface area (Å²) in [6, 6.07) is 2.57. The standard InChI is InChI=1S/C14H19BrN2O2S2/c1-2-7-17(11-5-6-11)21(18,19)13-8-12(20-14(13)15)9-16-10-3-4-10/h2,8,10-11,16H,1,3-7,9H2. The van der Waals surface area contributed by atoms with Crippen molar-refractivity contribution >= 4 is 37.3 Å². The second kappa shape index (κ2) is 6.12. The lowest BCUT2D eigenvalue weighted by Crippen LogP contribution is -2.33. The third-order valence-electron chi connectivity index (χ3n) is 3.70. The molecule has 2 aliphatic carbocycles. The number of nitrogens with zero attached hydrogens (tertiary/aromatic N) is 1. The van der Waals surface area contributed by atoms with E-state index in [9.17, 15) is 8.42 Å². The number of nitrogens with one attached hydrogen (secondary N) is 1. The topological polar surface area (TPSA) is 49.4 Å². The van der Waals surface area contributed by atoms with Crippen molar-refractivity contribution in [3.8, 4) is 0 Å². The molecule has 2 fully saturated rings. The third-order valence-corrected chi connectivity index (χ3v) is 7.87. The summed E-state index contributed by atoms with van der Waals surface area (Å²) < 4.78 is 27.9. The van der Waals surface area contributed by atoms with E-state index in [1.54, 1.807) is 16.4 Å². The van der Waals surface area contributed by atoms with Gasteiger partial charge in [-0.25, -0.2) is 8.42 Å². The van der Waals surface area contributed by atoms with Crippen molar-refractivity contribution in [1.82, 2.24) is 9.62 Å². The first-order valence-corrected chi connectivity index (χ1v) is 10.2. The zero-order valence-corrected chi connectivity index (χ0v) is 14.9. The normalized spacial score (nSPS) is 19.1. The van der Waals surface area contributed by atoms with Gasteiger partial charge in [-0.2, -0.15) is 4.31 Å². The summed E-state index contributed by atoms with van der Waals surface area (Å²) in [6.07, 6.45) is 6.01. The maximum absolute atomic E-state index is 12.8. The summed E-state index contributed by atoms with van der Waals surface area (Å²) in [6.45, 7) is 4.80. The summed E-state index contributed by atoms with van der Waals surface area (Å²) in [5.74, 6) is 0. The molecule has 1 heterocycles. The first-order chi connectivity index (χ1) is 10.0. The lowest BCUT2D eigenvalue weighted by atomic mass is 10.4. The fourth-order valence-electron chi connectivity index (χ4n) is 2.25. The molecule has 1 N–H and O–H groups in total. The minimum Gasteiger partial charge on any atom is -0.309 e. The highest BCUT2D eigenvalue weighted by Gasteiger charge is 2.38. The molecule has 0 aliphatic heterocycles. The maximum atomic E-state index is 12.8. The van der Waals surface area contributed by atoms with Gasteiger partial charge in [-0.15, -0.1) is 17.9 Å². The molecule has 4 nitrogen and oxygen atoms in total. The van der Waals surface area contributed by atoms with Crippen LogP contribution >= 0.6 is 27.3 Å². The molecule has 116 valence electrons. The van der Waals surface area contributed by atoms with E-state index in [0.717, 1.165) is 24.3 Å². The third kappa shape index (κ3) is 3.59. The number of thiophene rings is 1. The molecule has 0 aromatic carbocycles. The molecule has 0 saturated heterocycles. The zero-order chi connectivity index (χ0) is 15.0. The Morgan fingerprint density at radius 1 is 1.43 bits per heavy atom. The first kappa shape index (κ1) is 15.7. The van der Waals surface area contributed by atoms with Gasteiger partial charge in [0, 0.05) is 30.1 Å². The monoisotopic (exact) mass is 390 g/mol. The summed E-state index contributed by atoms with van der Waals surface area (Å²) in [7, 11) is -3.43. The predicted octanol–water partition coefficient (Wildman–Crippen LogP) is 3.10. The van der Waals surface area contributed by atoms with E-state index in [1.165, 1.54) is 24.2 Å². The fourth-order valence-corrected chi connectivity index (χ4v) is 6.49. The quantitative estimate of drug-likeness (QED) is 0.693. The van der Waals surface area contributed by atoms with Gasteiger partial charge in [0.1, 0.15) is 4.90 Å². The van der Waals surface area contributed by atoms with Crippen LogP contribution in [-0.2, 0) is 16.6 Å². The molecule has 1 aromatic heterocycles. The van der Waals surface area contributed by atoms with Gasteiger partial charge in [0.2, 0.25) is 10.0 Å². The van der Waals surface area contributed by atoms with E-state index in [2.05, 4.69) is 27.8 Å². The smallest absolute Gasteiger partial charge is 0.245 e. The molecular weight excluding hydrogens is 372 g/mol. The van der Waals surface area contributed by atoms with Crippen molar-refractivity contribution < 1.29 is 8.42 Å². The highest BCUT2D eigenvalue weighted by atomic mass is 79.9.